The number of hydrogen-bond acceptors (Lipinski definition) is 4. The number of hydrogen-bond donors (Lipinski definition) is 1. The summed E-state index contributed by atoms with van der Waals surface area (Å²) in [6, 6.07) is 3.24. The zero-order valence-electron chi connectivity index (χ0n) is 8.34. The quantitative estimate of drug-likeness (QED) is 0.566. The highest BCUT2D eigenvalue weighted by atomic mass is 16.5. The smallest absolute Gasteiger partial charge is 0.323 e. The second-order valence-corrected chi connectivity index (χ2v) is 2.87. The fourth-order valence-corrected chi connectivity index (χ4v) is 1.19. The van der Waals surface area contributed by atoms with Gasteiger partial charge >= 0.3 is 5.97 Å². The third kappa shape index (κ3) is 2.77. The molecule has 2 N–H and O–H groups in total. The maximum atomic E-state index is 11.4. The third-order valence-electron chi connectivity index (χ3n) is 1.82. The Hall–Kier alpha value is -1.91. The van der Waals surface area contributed by atoms with Crippen molar-refractivity contribution >= 4 is 11.9 Å². The molecule has 1 aromatic rings. The molecule has 0 aliphatic rings. The predicted molar refractivity (Wildman–Crippen MR) is 52.8 cm³/mol. The van der Waals surface area contributed by atoms with E-state index in [0.717, 1.165) is 0 Å². The number of primary amides is 1. The zero-order valence-corrected chi connectivity index (χ0v) is 8.34. The molecule has 0 radical (unpaired) electrons. The summed E-state index contributed by atoms with van der Waals surface area (Å²) in [6.07, 6.45) is 2.97. The van der Waals surface area contributed by atoms with Crippen LogP contribution in [0.1, 0.15) is 18.4 Å². The number of carbonyl (C=O) groups excluding carboxylic acids is 2. The van der Waals surface area contributed by atoms with Gasteiger partial charge in [-0.25, -0.2) is 0 Å². The van der Waals surface area contributed by atoms with Crippen molar-refractivity contribution in [3.63, 3.8) is 0 Å². The molecule has 0 bridgehead atoms. The molecule has 5 heteroatoms. The second kappa shape index (κ2) is 5.09. The van der Waals surface area contributed by atoms with Gasteiger partial charge in [-0.3, -0.25) is 14.6 Å². The molecule has 1 rings (SSSR count). The Morgan fingerprint density at radius 1 is 1.60 bits per heavy atom. The van der Waals surface area contributed by atoms with Gasteiger partial charge in [-0.1, -0.05) is 6.07 Å². The lowest BCUT2D eigenvalue weighted by Gasteiger charge is -2.11. The molecule has 1 amide bonds. The standard InChI is InChI=1S/C10H12N2O3/c1-2-15-10(14)8(9(11)13)7-4-3-5-12-6-7/h3-6,8H,2H2,1H3,(H2,11,13). The Bertz CT molecular complexity index is 351. The SMILES string of the molecule is CCOC(=O)C(C(N)=O)c1cccnc1. The highest BCUT2D eigenvalue weighted by Gasteiger charge is 2.27. The first-order valence-corrected chi connectivity index (χ1v) is 4.52. The van der Waals surface area contributed by atoms with Crippen molar-refractivity contribution in [2.75, 3.05) is 6.61 Å². The van der Waals surface area contributed by atoms with Crippen LogP contribution in [0.25, 0.3) is 0 Å². The van der Waals surface area contributed by atoms with Crippen LogP contribution in [0.15, 0.2) is 24.5 Å². The topological polar surface area (TPSA) is 82.3 Å². The Morgan fingerprint density at radius 3 is 2.80 bits per heavy atom. The van der Waals surface area contributed by atoms with Crippen molar-refractivity contribution in [3.8, 4) is 0 Å². The monoisotopic (exact) mass is 208 g/mol. The molecule has 0 aliphatic carbocycles. The lowest BCUT2D eigenvalue weighted by atomic mass is 10.0. The maximum absolute atomic E-state index is 11.4. The van der Waals surface area contributed by atoms with E-state index < -0.39 is 17.8 Å². The normalized spacial score (nSPS) is 11.8. The number of rotatable bonds is 4. The average Bonchev–Trinajstić information content (AvgIpc) is 2.19. The van der Waals surface area contributed by atoms with E-state index in [0.29, 0.717) is 5.56 Å². The molecule has 1 heterocycles. The summed E-state index contributed by atoms with van der Waals surface area (Å²) in [5.74, 6) is -2.45. The van der Waals surface area contributed by atoms with Gasteiger partial charge in [0.25, 0.3) is 0 Å². The molecular formula is C10H12N2O3. The lowest BCUT2D eigenvalue weighted by molar-refractivity contribution is -0.147. The van der Waals surface area contributed by atoms with Crippen LogP contribution in [0.4, 0.5) is 0 Å². The predicted octanol–water partition coefficient (Wildman–Crippen LogP) is 0.214. The van der Waals surface area contributed by atoms with E-state index >= 15 is 0 Å². The van der Waals surface area contributed by atoms with Crippen LogP contribution in [-0.2, 0) is 14.3 Å². The van der Waals surface area contributed by atoms with Crippen molar-refractivity contribution in [1.29, 1.82) is 0 Å². The zero-order chi connectivity index (χ0) is 11.3. The summed E-state index contributed by atoms with van der Waals surface area (Å²) < 4.78 is 4.75. The van der Waals surface area contributed by atoms with E-state index in [4.69, 9.17) is 10.5 Å². The largest absolute Gasteiger partial charge is 0.465 e. The van der Waals surface area contributed by atoms with E-state index in [2.05, 4.69) is 4.98 Å². The van der Waals surface area contributed by atoms with Gasteiger partial charge < -0.3 is 10.5 Å². The molecule has 0 fully saturated rings. The first-order valence-electron chi connectivity index (χ1n) is 4.52. The van der Waals surface area contributed by atoms with E-state index in [-0.39, 0.29) is 6.61 Å². The van der Waals surface area contributed by atoms with E-state index in [1.165, 1.54) is 6.20 Å². The molecule has 0 saturated carbocycles. The lowest BCUT2D eigenvalue weighted by Crippen LogP contribution is -2.29. The Labute approximate surface area is 87.3 Å². The molecule has 5 nitrogen and oxygen atoms in total. The summed E-state index contributed by atoms with van der Waals surface area (Å²) in [5, 5.41) is 0. The molecule has 1 atom stereocenters. The number of amides is 1. The van der Waals surface area contributed by atoms with Crippen LogP contribution in [0.5, 0.6) is 0 Å². The summed E-state index contributed by atoms with van der Waals surface area (Å²) in [4.78, 5) is 26.4. The van der Waals surface area contributed by atoms with Crippen molar-refractivity contribution < 1.29 is 14.3 Å². The molecule has 0 aromatic carbocycles. The number of carbonyl (C=O) groups is 2. The van der Waals surface area contributed by atoms with Crippen molar-refractivity contribution in [2.45, 2.75) is 12.8 Å². The Kier molecular flexibility index (Phi) is 3.79. The van der Waals surface area contributed by atoms with Gasteiger partial charge in [-0.05, 0) is 18.6 Å². The molecule has 80 valence electrons. The fourth-order valence-electron chi connectivity index (χ4n) is 1.19. The van der Waals surface area contributed by atoms with Crippen LogP contribution >= 0.6 is 0 Å². The first-order chi connectivity index (χ1) is 7.16. The second-order valence-electron chi connectivity index (χ2n) is 2.87. The number of nitrogens with zero attached hydrogens (tertiary/aromatic N) is 1. The highest BCUT2D eigenvalue weighted by Crippen LogP contribution is 2.15. The minimum absolute atomic E-state index is 0.211. The molecule has 15 heavy (non-hydrogen) atoms. The number of aromatic nitrogens is 1. The maximum Gasteiger partial charge on any atom is 0.323 e. The molecule has 1 aromatic heterocycles. The third-order valence-corrected chi connectivity index (χ3v) is 1.82. The van der Waals surface area contributed by atoms with Crippen molar-refractivity contribution in [1.82, 2.24) is 4.98 Å². The molecule has 0 saturated heterocycles. The minimum Gasteiger partial charge on any atom is -0.465 e. The van der Waals surface area contributed by atoms with Gasteiger partial charge in [0.05, 0.1) is 6.61 Å². The minimum atomic E-state index is -1.07. The van der Waals surface area contributed by atoms with Gasteiger partial charge in [0.15, 0.2) is 5.92 Å². The van der Waals surface area contributed by atoms with Gasteiger partial charge in [0.1, 0.15) is 0 Å². The van der Waals surface area contributed by atoms with Crippen molar-refractivity contribution in [3.05, 3.63) is 30.1 Å². The summed E-state index contributed by atoms with van der Waals surface area (Å²) in [5.41, 5.74) is 5.58. The molecule has 0 spiro atoms. The first kappa shape index (κ1) is 11.2. The van der Waals surface area contributed by atoms with E-state index in [1.54, 1.807) is 25.3 Å². The average molecular weight is 208 g/mol. The summed E-state index contributed by atoms with van der Waals surface area (Å²) >= 11 is 0. The molecule has 0 aliphatic heterocycles. The number of esters is 1. The Balaban J connectivity index is 2.94. The van der Waals surface area contributed by atoms with Gasteiger partial charge in [-0.2, -0.15) is 0 Å². The van der Waals surface area contributed by atoms with Gasteiger partial charge in [-0.15, -0.1) is 0 Å². The summed E-state index contributed by atoms with van der Waals surface area (Å²) in [6.45, 7) is 1.88. The van der Waals surface area contributed by atoms with Crippen LogP contribution in [0, 0.1) is 0 Å². The molecule has 1 unspecified atom stereocenters. The van der Waals surface area contributed by atoms with Crippen LogP contribution in [0.2, 0.25) is 0 Å². The van der Waals surface area contributed by atoms with Crippen molar-refractivity contribution in [2.24, 2.45) is 5.73 Å². The van der Waals surface area contributed by atoms with E-state index in [9.17, 15) is 9.59 Å². The van der Waals surface area contributed by atoms with E-state index in [1.807, 2.05) is 0 Å². The highest BCUT2D eigenvalue weighted by molar-refractivity contribution is 6.02. The van der Waals surface area contributed by atoms with Crippen LogP contribution in [-0.4, -0.2) is 23.5 Å². The number of ether oxygens (including phenoxy) is 1. The van der Waals surface area contributed by atoms with Crippen LogP contribution < -0.4 is 5.73 Å². The number of nitrogens with two attached hydrogens (primary N) is 1. The Morgan fingerprint density at radius 2 is 2.33 bits per heavy atom. The van der Waals surface area contributed by atoms with Gasteiger partial charge in [0, 0.05) is 12.4 Å². The molecular weight excluding hydrogens is 196 g/mol. The van der Waals surface area contributed by atoms with Gasteiger partial charge in [0.2, 0.25) is 5.91 Å². The van der Waals surface area contributed by atoms with Crippen LogP contribution in [0.3, 0.4) is 0 Å². The fraction of sp³-hybridized carbons (Fsp3) is 0.300. The number of pyridine rings is 1. The summed E-state index contributed by atoms with van der Waals surface area (Å²) in [7, 11) is 0.